The number of methoxy groups -OCH3 is 1. The molecule has 4 nitrogen and oxygen atoms in total. The van der Waals surface area contributed by atoms with Crippen LogP contribution < -0.4 is 5.32 Å². The van der Waals surface area contributed by atoms with Crippen molar-refractivity contribution in [2.24, 2.45) is 5.92 Å². The summed E-state index contributed by atoms with van der Waals surface area (Å²) in [6, 6.07) is 0. The van der Waals surface area contributed by atoms with Crippen LogP contribution in [0.15, 0.2) is 24.3 Å². The molecule has 1 amide bonds. The molecule has 0 aliphatic carbocycles. The number of esters is 1. The van der Waals surface area contributed by atoms with Gasteiger partial charge in [0.1, 0.15) is 0 Å². The molecule has 0 aromatic rings. The zero-order chi connectivity index (χ0) is 19.6. The van der Waals surface area contributed by atoms with E-state index in [-0.39, 0.29) is 18.0 Å². The predicted molar refractivity (Wildman–Crippen MR) is 109 cm³/mol. The van der Waals surface area contributed by atoms with Crippen molar-refractivity contribution >= 4 is 11.9 Å². The van der Waals surface area contributed by atoms with Gasteiger partial charge in [-0.2, -0.15) is 0 Å². The second-order valence-electron chi connectivity index (χ2n) is 7.33. The molecule has 1 N–H and O–H groups in total. The lowest BCUT2D eigenvalue weighted by Gasteiger charge is -2.06. The number of rotatable bonds is 16. The standard InChI is InChI=1S/C22H39NO3/c1-19(2)16-14-12-10-8-6-5-7-9-11-13-15-17-21(24)23-18-20(3)22(25)26-4/h5-6,19H,3,7-18H2,1-2,4H3,(H,23,24)/b6-5-. The molecule has 26 heavy (non-hydrogen) atoms. The lowest BCUT2D eigenvalue weighted by Crippen LogP contribution is -2.27. The van der Waals surface area contributed by atoms with Crippen LogP contribution in [0.1, 0.15) is 84.5 Å². The van der Waals surface area contributed by atoms with E-state index in [9.17, 15) is 9.59 Å². The van der Waals surface area contributed by atoms with Gasteiger partial charge in [-0.25, -0.2) is 4.79 Å². The fourth-order valence-electron chi connectivity index (χ4n) is 2.64. The Kier molecular flexibility index (Phi) is 15.8. The first kappa shape index (κ1) is 24.4. The molecule has 0 radical (unpaired) electrons. The number of nitrogens with one attached hydrogen (secondary N) is 1. The van der Waals surface area contributed by atoms with Crippen LogP contribution in [0, 0.1) is 5.92 Å². The fraction of sp³-hybridized carbons (Fsp3) is 0.727. The van der Waals surface area contributed by atoms with Crippen molar-refractivity contribution in [1.82, 2.24) is 5.32 Å². The van der Waals surface area contributed by atoms with Crippen molar-refractivity contribution in [1.29, 1.82) is 0 Å². The smallest absolute Gasteiger partial charge is 0.334 e. The molecule has 0 rings (SSSR count). The zero-order valence-electron chi connectivity index (χ0n) is 17.1. The average Bonchev–Trinajstić information content (AvgIpc) is 2.62. The Morgan fingerprint density at radius 2 is 1.54 bits per heavy atom. The SMILES string of the molecule is C=C(CNC(=O)CCCCCC/C=C\CCCCCC(C)C)C(=O)OC. The van der Waals surface area contributed by atoms with E-state index in [0.29, 0.717) is 6.42 Å². The van der Waals surface area contributed by atoms with Gasteiger partial charge in [-0.1, -0.05) is 64.7 Å². The zero-order valence-corrected chi connectivity index (χ0v) is 17.1. The van der Waals surface area contributed by atoms with Crippen LogP contribution in [0.4, 0.5) is 0 Å². The van der Waals surface area contributed by atoms with Crippen molar-refractivity contribution in [2.45, 2.75) is 84.5 Å². The normalized spacial score (nSPS) is 11.1. The van der Waals surface area contributed by atoms with E-state index in [4.69, 9.17) is 0 Å². The Labute approximate surface area is 160 Å². The van der Waals surface area contributed by atoms with E-state index >= 15 is 0 Å². The number of allylic oxidation sites excluding steroid dienone is 2. The van der Waals surface area contributed by atoms with Crippen LogP contribution >= 0.6 is 0 Å². The molecular formula is C22H39NO3. The van der Waals surface area contributed by atoms with E-state index in [1.807, 2.05) is 0 Å². The van der Waals surface area contributed by atoms with Gasteiger partial charge in [0.25, 0.3) is 0 Å². The first-order valence-corrected chi connectivity index (χ1v) is 10.1. The number of amides is 1. The summed E-state index contributed by atoms with van der Waals surface area (Å²) in [6.07, 6.45) is 17.1. The summed E-state index contributed by atoms with van der Waals surface area (Å²) in [4.78, 5) is 22.8. The molecule has 0 aromatic heterocycles. The predicted octanol–water partition coefficient (Wildman–Crippen LogP) is 5.34. The van der Waals surface area contributed by atoms with E-state index in [1.165, 1.54) is 45.6 Å². The molecule has 0 unspecified atom stereocenters. The molecular weight excluding hydrogens is 326 g/mol. The van der Waals surface area contributed by atoms with E-state index in [2.05, 4.69) is 42.6 Å². The molecule has 0 heterocycles. The van der Waals surface area contributed by atoms with Crippen LogP contribution in [-0.2, 0) is 14.3 Å². The van der Waals surface area contributed by atoms with E-state index in [0.717, 1.165) is 31.6 Å². The third-order valence-corrected chi connectivity index (χ3v) is 4.32. The summed E-state index contributed by atoms with van der Waals surface area (Å²) in [7, 11) is 1.30. The Morgan fingerprint density at radius 3 is 2.12 bits per heavy atom. The summed E-state index contributed by atoms with van der Waals surface area (Å²) in [6.45, 7) is 8.31. The highest BCUT2D eigenvalue weighted by Gasteiger charge is 2.08. The van der Waals surface area contributed by atoms with Crippen molar-refractivity contribution < 1.29 is 14.3 Å². The van der Waals surface area contributed by atoms with Gasteiger partial charge in [0, 0.05) is 18.5 Å². The van der Waals surface area contributed by atoms with Crippen molar-refractivity contribution in [3.05, 3.63) is 24.3 Å². The lowest BCUT2D eigenvalue weighted by molar-refractivity contribution is -0.136. The number of carbonyl (C=O) groups excluding carboxylic acids is 2. The van der Waals surface area contributed by atoms with Gasteiger partial charge >= 0.3 is 5.97 Å². The number of unbranched alkanes of at least 4 members (excludes halogenated alkanes) is 7. The molecule has 0 bridgehead atoms. The van der Waals surface area contributed by atoms with Crippen molar-refractivity contribution in [2.75, 3.05) is 13.7 Å². The monoisotopic (exact) mass is 365 g/mol. The first-order chi connectivity index (χ1) is 12.5. The Morgan fingerprint density at radius 1 is 0.962 bits per heavy atom. The minimum Gasteiger partial charge on any atom is -0.466 e. The second kappa shape index (κ2) is 16.9. The minimum absolute atomic E-state index is 0.0348. The van der Waals surface area contributed by atoms with Gasteiger partial charge in [0.2, 0.25) is 5.91 Å². The molecule has 0 fully saturated rings. The minimum atomic E-state index is -0.478. The molecule has 0 atom stereocenters. The first-order valence-electron chi connectivity index (χ1n) is 10.1. The Bertz CT molecular complexity index is 427. The van der Waals surface area contributed by atoms with Gasteiger partial charge in [-0.3, -0.25) is 4.79 Å². The quantitative estimate of drug-likeness (QED) is 0.174. The molecule has 0 spiro atoms. The third kappa shape index (κ3) is 15.9. The summed E-state index contributed by atoms with van der Waals surface area (Å²) in [5.74, 6) is 0.317. The van der Waals surface area contributed by atoms with Gasteiger partial charge in [0.15, 0.2) is 0 Å². The molecule has 150 valence electrons. The average molecular weight is 366 g/mol. The number of hydrogen-bond donors (Lipinski definition) is 1. The van der Waals surface area contributed by atoms with E-state index in [1.54, 1.807) is 0 Å². The largest absolute Gasteiger partial charge is 0.466 e. The number of hydrogen-bond acceptors (Lipinski definition) is 3. The summed E-state index contributed by atoms with van der Waals surface area (Å²) in [5.41, 5.74) is 0.271. The molecule has 4 heteroatoms. The van der Waals surface area contributed by atoms with Crippen LogP contribution in [0.5, 0.6) is 0 Å². The van der Waals surface area contributed by atoms with Crippen LogP contribution in [0.3, 0.4) is 0 Å². The topological polar surface area (TPSA) is 55.4 Å². The maximum absolute atomic E-state index is 11.7. The highest BCUT2D eigenvalue weighted by atomic mass is 16.5. The van der Waals surface area contributed by atoms with Gasteiger partial charge in [-0.05, 0) is 38.0 Å². The molecule has 0 saturated carbocycles. The third-order valence-electron chi connectivity index (χ3n) is 4.32. The van der Waals surface area contributed by atoms with Crippen LogP contribution in [0.25, 0.3) is 0 Å². The summed E-state index contributed by atoms with van der Waals surface area (Å²) < 4.78 is 4.54. The van der Waals surface area contributed by atoms with Gasteiger partial charge in [0.05, 0.1) is 7.11 Å². The molecule has 0 aliphatic rings. The Hall–Kier alpha value is -1.58. The lowest BCUT2D eigenvalue weighted by atomic mass is 10.0. The van der Waals surface area contributed by atoms with Gasteiger partial charge in [-0.15, -0.1) is 0 Å². The van der Waals surface area contributed by atoms with Gasteiger partial charge < -0.3 is 10.1 Å². The van der Waals surface area contributed by atoms with E-state index < -0.39 is 5.97 Å². The molecule has 0 aromatic carbocycles. The van der Waals surface area contributed by atoms with Crippen LogP contribution in [0.2, 0.25) is 0 Å². The summed E-state index contributed by atoms with van der Waals surface area (Å²) in [5, 5.41) is 2.69. The number of ether oxygens (including phenoxy) is 1. The van der Waals surface area contributed by atoms with Crippen molar-refractivity contribution in [3.63, 3.8) is 0 Å². The number of carbonyl (C=O) groups is 2. The summed E-state index contributed by atoms with van der Waals surface area (Å²) >= 11 is 0. The second-order valence-corrected chi connectivity index (χ2v) is 7.33. The maximum Gasteiger partial charge on any atom is 0.334 e. The van der Waals surface area contributed by atoms with Crippen LogP contribution in [-0.4, -0.2) is 25.5 Å². The molecule has 0 saturated heterocycles. The Balaban J connectivity index is 3.39. The fourth-order valence-corrected chi connectivity index (χ4v) is 2.64. The molecule has 0 aliphatic heterocycles. The maximum atomic E-state index is 11.7. The highest BCUT2D eigenvalue weighted by Crippen LogP contribution is 2.10. The van der Waals surface area contributed by atoms with Crippen molar-refractivity contribution in [3.8, 4) is 0 Å². The highest BCUT2D eigenvalue weighted by molar-refractivity contribution is 5.89.